The average molecular weight is 323 g/mol. The Kier molecular flexibility index (Phi) is 13.7. The van der Waals surface area contributed by atoms with Crippen LogP contribution in [-0.4, -0.2) is 5.75 Å². The van der Waals surface area contributed by atoms with Crippen LogP contribution < -0.4 is 4.57 Å². The molecule has 1 rings (SSSR count). The van der Waals surface area contributed by atoms with E-state index in [1.54, 1.807) is 0 Å². The second-order valence-corrected chi connectivity index (χ2v) is 7.39. The molecule has 1 heterocycles. The van der Waals surface area contributed by atoms with Crippen LogP contribution in [0.3, 0.4) is 0 Å². The normalized spacial score (nSPS) is 11.0. The van der Waals surface area contributed by atoms with Gasteiger partial charge in [0.25, 0.3) is 0 Å². The van der Waals surface area contributed by atoms with Crippen molar-refractivity contribution >= 4 is 11.8 Å². The van der Waals surface area contributed by atoms with E-state index in [-0.39, 0.29) is 0 Å². The van der Waals surface area contributed by atoms with Crippen LogP contribution in [0.2, 0.25) is 0 Å². The van der Waals surface area contributed by atoms with E-state index in [0.29, 0.717) is 0 Å². The molecule has 0 radical (unpaired) electrons. The first-order valence-corrected chi connectivity index (χ1v) is 10.6. The highest BCUT2D eigenvalue weighted by atomic mass is 32.2. The predicted octanol–water partition coefficient (Wildman–Crippen LogP) is 6.37. The Labute approximate surface area is 142 Å². The van der Waals surface area contributed by atoms with Gasteiger partial charge in [-0.1, -0.05) is 95.4 Å². The van der Waals surface area contributed by atoms with Crippen LogP contribution in [0, 0.1) is 0 Å². The Balaban J connectivity index is 1.73. The molecule has 0 aliphatic carbocycles. The first-order valence-electron chi connectivity index (χ1n) is 9.45. The molecule has 0 fully saturated rings. The number of unbranched alkanes of at least 4 members (excludes halogenated alkanes) is 11. The summed E-state index contributed by atoms with van der Waals surface area (Å²) in [6.07, 6.45) is 21.6. The van der Waals surface area contributed by atoms with Gasteiger partial charge in [-0.05, 0) is 12.2 Å². The van der Waals surface area contributed by atoms with Crippen molar-refractivity contribution in [3.63, 3.8) is 0 Å². The van der Waals surface area contributed by atoms with E-state index < -0.39 is 0 Å². The molecule has 0 saturated carbocycles. The summed E-state index contributed by atoms with van der Waals surface area (Å²) in [7, 11) is 0. The first kappa shape index (κ1) is 19.5. The van der Waals surface area contributed by atoms with Crippen LogP contribution in [-0.2, 0) is 5.88 Å². The zero-order valence-electron chi connectivity index (χ0n) is 14.6. The molecule has 0 aromatic carbocycles. The molecule has 0 spiro atoms. The van der Waals surface area contributed by atoms with Crippen molar-refractivity contribution in [1.82, 2.24) is 0 Å². The number of nitrogens with zero attached hydrogens (tertiary/aromatic N) is 1. The van der Waals surface area contributed by atoms with Gasteiger partial charge < -0.3 is 0 Å². The largest absolute Gasteiger partial charge is 0.195 e. The molecule has 0 aliphatic rings. The summed E-state index contributed by atoms with van der Waals surface area (Å²) < 4.78 is 2.26. The quantitative estimate of drug-likeness (QED) is 0.268. The molecule has 0 amide bonds. The minimum Gasteiger partial charge on any atom is -0.195 e. The van der Waals surface area contributed by atoms with Crippen molar-refractivity contribution in [1.29, 1.82) is 0 Å². The molecule has 1 nitrogen and oxygen atoms in total. The summed E-state index contributed by atoms with van der Waals surface area (Å²) >= 11 is 2.05. The maximum absolute atomic E-state index is 2.29. The van der Waals surface area contributed by atoms with E-state index in [9.17, 15) is 0 Å². The lowest BCUT2D eigenvalue weighted by molar-refractivity contribution is -0.675. The topological polar surface area (TPSA) is 3.88 Å². The number of rotatable bonds is 15. The van der Waals surface area contributed by atoms with Crippen molar-refractivity contribution in [3.8, 4) is 0 Å². The first-order chi connectivity index (χ1) is 10.9. The molecule has 2 heteroatoms. The van der Waals surface area contributed by atoms with Crippen LogP contribution >= 0.6 is 11.8 Å². The number of thioether (sulfide) groups is 1. The molecule has 0 aliphatic heterocycles. The van der Waals surface area contributed by atoms with Gasteiger partial charge >= 0.3 is 0 Å². The van der Waals surface area contributed by atoms with Crippen molar-refractivity contribution in [2.45, 2.75) is 89.9 Å². The van der Waals surface area contributed by atoms with E-state index >= 15 is 0 Å². The van der Waals surface area contributed by atoms with Crippen molar-refractivity contribution in [3.05, 3.63) is 30.6 Å². The highest BCUT2D eigenvalue weighted by Gasteiger charge is 1.98. The van der Waals surface area contributed by atoms with Crippen LogP contribution in [0.4, 0.5) is 0 Å². The Hall–Kier alpha value is -0.500. The van der Waals surface area contributed by atoms with Gasteiger partial charge in [0, 0.05) is 12.1 Å². The number of hydrogen-bond donors (Lipinski definition) is 0. The van der Waals surface area contributed by atoms with Crippen molar-refractivity contribution in [2.75, 3.05) is 5.75 Å². The minimum absolute atomic E-state index is 1.10. The summed E-state index contributed by atoms with van der Waals surface area (Å²) in [5.74, 6) is 2.40. The van der Waals surface area contributed by atoms with E-state index in [2.05, 4.69) is 53.8 Å². The highest BCUT2D eigenvalue weighted by molar-refractivity contribution is 7.98. The maximum atomic E-state index is 2.29. The summed E-state index contributed by atoms with van der Waals surface area (Å²) in [4.78, 5) is 0. The van der Waals surface area contributed by atoms with Gasteiger partial charge in [-0.15, -0.1) is 0 Å². The Bertz CT molecular complexity index is 326. The third kappa shape index (κ3) is 12.1. The van der Waals surface area contributed by atoms with Crippen LogP contribution in [0.5, 0.6) is 0 Å². The standard InChI is InChI=1S/C20H36NS/c1-2-3-4-5-6-7-8-9-10-11-12-16-19-22-20-21-17-14-13-15-18-21/h13-15,17-18H,2-12,16,19-20H2,1H3/q+1. The van der Waals surface area contributed by atoms with Crippen molar-refractivity contribution in [2.24, 2.45) is 0 Å². The lowest BCUT2D eigenvalue weighted by Crippen LogP contribution is -2.30. The second-order valence-electron chi connectivity index (χ2n) is 6.32. The zero-order valence-corrected chi connectivity index (χ0v) is 15.5. The molecular weight excluding hydrogens is 286 g/mol. The fourth-order valence-electron chi connectivity index (χ4n) is 2.74. The molecule has 0 unspecified atom stereocenters. The van der Waals surface area contributed by atoms with Gasteiger partial charge in [0.15, 0.2) is 18.3 Å². The summed E-state index contributed by atoms with van der Waals surface area (Å²) in [6, 6.07) is 6.28. The van der Waals surface area contributed by atoms with Gasteiger partial charge in [-0.25, -0.2) is 0 Å². The molecule has 126 valence electrons. The third-order valence-electron chi connectivity index (χ3n) is 4.16. The Morgan fingerprint density at radius 1 is 0.636 bits per heavy atom. The zero-order chi connectivity index (χ0) is 15.7. The molecule has 0 bridgehead atoms. The lowest BCUT2D eigenvalue weighted by atomic mass is 10.1. The average Bonchev–Trinajstić information content (AvgIpc) is 2.56. The Morgan fingerprint density at radius 2 is 1.14 bits per heavy atom. The van der Waals surface area contributed by atoms with Crippen LogP contribution in [0.15, 0.2) is 30.6 Å². The summed E-state index contributed by atoms with van der Waals surface area (Å²) in [5.41, 5.74) is 0. The fourth-order valence-corrected chi connectivity index (χ4v) is 3.66. The lowest BCUT2D eigenvalue weighted by Gasteiger charge is -2.02. The highest BCUT2D eigenvalue weighted by Crippen LogP contribution is 2.13. The van der Waals surface area contributed by atoms with E-state index in [1.165, 1.54) is 82.8 Å². The third-order valence-corrected chi connectivity index (χ3v) is 5.22. The number of hydrogen-bond acceptors (Lipinski definition) is 1. The fraction of sp³-hybridized carbons (Fsp3) is 0.750. The molecule has 0 saturated heterocycles. The van der Waals surface area contributed by atoms with Gasteiger partial charge in [0.1, 0.15) is 0 Å². The number of aromatic nitrogens is 1. The van der Waals surface area contributed by atoms with Crippen molar-refractivity contribution < 1.29 is 4.57 Å². The van der Waals surface area contributed by atoms with Gasteiger partial charge in [-0.3, -0.25) is 0 Å². The van der Waals surface area contributed by atoms with Gasteiger partial charge in [0.05, 0.1) is 0 Å². The molecule has 22 heavy (non-hydrogen) atoms. The van der Waals surface area contributed by atoms with Crippen LogP contribution in [0.25, 0.3) is 0 Å². The Morgan fingerprint density at radius 3 is 1.68 bits per heavy atom. The van der Waals surface area contributed by atoms with Gasteiger partial charge in [-0.2, -0.15) is 4.57 Å². The van der Waals surface area contributed by atoms with Gasteiger partial charge in [0.2, 0.25) is 0 Å². The molecule has 0 atom stereocenters. The van der Waals surface area contributed by atoms with E-state index in [1.807, 2.05) is 0 Å². The van der Waals surface area contributed by atoms with E-state index in [4.69, 9.17) is 0 Å². The summed E-state index contributed by atoms with van der Waals surface area (Å²) in [6.45, 7) is 2.29. The molecule has 1 aromatic heterocycles. The molecule has 1 aromatic rings. The SMILES string of the molecule is CCCCCCCCCCCCCCSC[n+]1ccccc1. The predicted molar refractivity (Wildman–Crippen MR) is 100 cm³/mol. The monoisotopic (exact) mass is 322 g/mol. The van der Waals surface area contributed by atoms with E-state index in [0.717, 1.165) is 5.88 Å². The van der Waals surface area contributed by atoms with Crippen LogP contribution in [0.1, 0.15) is 84.0 Å². The minimum atomic E-state index is 1.10. The molecule has 0 N–H and O–H groups in total. The maximum Gasteiger partial charge on any atom is 0.194 e. The summed E-state index contributed by atoms with van der Waals surface area (Å²) in [5, 5.41) is 0. The second kappa shape index (κ2) is 15.4. The number of pyridine rings is 1. The smallest absolute Gasteiger partial charge is 0.194 e. The molecular formula is C20H36NS+.